The van der Waals surface area contributed by atoms with Crippen molar-refractivity contribution in [1.82, 2.24) is 4.31 Å². The summed E-state index contributed by atoms with van der Waals surface area (Å²) in [5.41, 5.74) is -1.36. The average Bonchev–Trinajstić information content (AvgIpc) is 2.45. The van der Waals surface area contributed by atoms with E-state index in [1.54, 1.807) is 0 Å². The van der Waals surface area contributed by atoms with Crippen molar-refractivity contribution in [3.05, 3.63) is 23.8 Å². The van der Waals surface area contributed by atoms with E-state index in [1.165, 1.54) is 0 Å². The first kappa shape index (κ1) is 18.8. The molecule has 0 amide bonds. The first-order valence-electron chi connectivity index (χ1n) is 6.80. The van der Waals surface area contributed by atoms with Gasteiger partial charge in [-0.25, -0.2) is 8.42 Å². The van der Waals surface area contributed by atoms with Gasteiger partial charge in [-0.05, 0) is 31.0 Å². The quantitative estimate of drug-likeness (QED) is 0.804. The molecular formula is C13H13F6NO3S. The summed E-state index contributed by atoms with van der Waals surface area (Å²) in [7, 11) is -4.43. The van der Waals surface area contributed by atoms with Crippen LogP contribution in [-0.4, -0.2) is 37.1 Å². The summed E-state index contributed by atoms with van der Waals surface area (Å²) < 4.78 is 101. The molecule has 0 atom stereocenters. The fourth-order valence-corrected chi connectivity index (χ4v) is 4.00. The molecule has 0 spiro atoms. The van der Waals surface area contributed by atoms with Crippen molar-refractivity contribution in [2.24, 2.45) is 5.92 Å². The van der Waals surface area contributed by atoms with E-state index in [4.69, 9.17) is 0 Å². The Balaban J connectivity index is 2.28. The molecule has 0 bridgehead atoms. The molecule has 2 rings (SSSR count). The maximum Gasteiger partial charge on any atom is 0.416 e. The van der Waals surface area contributed by atoms with Crippen molar-refractivity contribution in [1.29, 1.82) is 0 Å². The Morgan fingerprint density at radius 2 is 1.54 bits per heavy atom. The summed E-state index contributed by atoms with van der Waals surface area (Å²) in [6.45, 7) is -0.910. The van der Waals surface area contributed by atoms with Gasteiger partial charge in [0.2, 0.25) is 10.0 Å². The summed E-state index contributed by atoms with van der Waals surface area (Å²) >= 11 is 0. The lowest BCUT2D eigenvalue weighted by molar-refractivity contribution is -0.182. The second-order valence-electron chi connectivity index (χ2n) is 5.43. The SMILES string of the molecule is O=S(=O)(c1cc(O)cc(C(F)(F)F)c1)N1CCC(C(F)(F)F)CC1. The minimum absolute atomic E-state index is 0.352. The molecule has 1 aromatic rings. The third kappa shape index (κ3) is 3.94. The fourth-order valence-electron chi connectivity index (χ4n) is 2.47. The minimum atomic E-state index is -4.87. The van der Waals surface area contributed by atoms with Crippen molar-refractivity contribution in [3.8, 4) is 5.75 Å². The molecule has 0 aromatic heterocycles. The molecular weight excluding hydrogens is 364 g/mol. The predicted molar refractivity (Wildman–Crippen MR) is 70.6 cm³/mol. The number of hydrogen-bond donors (Lipinski definition) is 1. The number of phenolic OH excluding ortho intramolecular Hbond substituents is 1. The number of piperidine rings is 1. The van der Waals surface area contributed by atoms with Gasteiger partial charge < -0.3 is 5.11 Å². The summed E-state index contributed by atoms with van der Waals surface area (Å²) in [6, 6.07) is 1.36. The standard InChI is InChI=1S/C13H13F6NO3S/c14-12(15,16)8-1-3-20(4-2-8)24(22,23)11-6-9(13(17,18)19)5-10(21)7-11/h5-8,21H,1-4H2. The van der Waals surface area contributed by atoms with Crippen molar-refractivity contribution in [3.63, 3.8) is 0 Å². The average molecular weight is 377 g/mol. The maximum absolute atomic E-state index is 12.7. The van der Waals surface area contributed by atoms with Gasteiger partial charge in [-0.3, -0.25) is 0 Å². The molecule has 1 aromatic carbocycles. The molecule has 24 heavy (non-hydrogen) atoms. The Morgan fingerprint density at radius 3 is 2.00 bits per heavy atom. The number of rotatable bonds is 2. The zero-order valence-corrected chi connectivity index (χ0v) is 12.8. The van der Waals surface area contributed by atoms with E-state index in [2.05, 4.69) is 0 Å². The van der Waals surface area contributed by atoms with Gasteiger partial charge in [0.15, 0.2) is 0 Å². The summed E-state index contributed by atoms with van der Waals surface area (Å²) in [6.07, 6.45) is -10.2. The molecule has 1 aliphatic heterocycles. The summed E-state index contributed by atoms with van der Waals surface area (Å²) in [5, 5.41) is 9.34. The zero-order chi connectivity index (χ0) is 18.3. The molecule has 1 heterocycles. The number of alkyl halides is 6. The fraction of sp³-hybridized carbons (Fsp3) is 0.538. The lowest BCUT2D eigenvalue weighted by Gasteiger charge is -2.32. The van der Waals surface area contributed by atoms with Crippen LogP contribution in [0.25, 0.3) is 0 Å². The highest BCUT2D eigenvalue weighted by Gasteiger charge is 2.43. The molecule has 1 fully saturated rings. The number of hydrogen-bond acceptors (Lipinski definition) is 3. The normalized spacial score (nSPS) is 18.8. The van der Waals surface area contributed by atoms with E-state index in [1.807, 2.05) is 0 Å². The Hall–Kier alpha value is -1.49. The first-order chi connectivity index (χ1) is 10.8. The van der Waals surface area contributed by atoms with E-state index in [0.717, 1.165) is 0 Å². The van der Waals surface area contributed by atoms with Gasteiger partial charge in [0, 0.05) is 13.1 Å². The van der Waals surface area contributed by atoms with Crippen LogP contribution >= 0.6 is 0 Å². The van der Waals surface area contributed by atoms with Crippen LogP contribution in [0.15, 0.2) is 23.1 Å². The lowest BCUT2D eigenvalue weighted by atomic mass is 9.98. The molecule has 0 unspecified atom stereocenters. The highest BCUT2D eigenvalue weighted by atomic mass is 32.2. The molecule has 0 saturated carbocycles. The van der Waals surface area contributed by atoms with Crippen molar-refractivity contribution in [2.75, 3.05) is 13.1 Å². The topological polar surface area (TPSA) is 57.6 Å². The van der Waals surface area contributed by atoms with Gasteiger partial charge >= 0.3 is 12.4 Å². The number of aromatic hydroxyl groups is 1. The third-order valence-corrected chi connectivity index (χ3v) is 5.65. The van der Waals surface area contributed by atoms with Gasteiger partial charge in [0.25, 0.3) is 0 Å². The van der Waals surface area contributed by atoms with Gasteiger partial charge in [-0.1, -0.05) is 0 Å². The Labute approximate surface area is 133 Å². The maximum atomic E-state index is 12.7. The largest absolute Gasteiger partial charge is 0.508 e. The van der Waals surface area contributed by atoms with Crippen LogP contribution in [0.1, 0.15) is 18.4 Å². The van der Waals surface area contributed by atoms with Crippen LogP contribution < -0.4 is 0 Å². The Kier molecular flexibility index (Phi) is 4.79. The van der Waals surface area contributed by atoms with E-state index in [-0.39, 0.29) is 0 Å². The van der Waals surface area contributed by atoms with Gasteiger partial charge in [0.1, 0.15) is 5.75 Å². The number of nitrogens with zero attached hydrogens (tertiary/aromatic N) is 1. The van der Waals surface area contributed by atoms with E-state index in [9.17, 15) is 39.9 Å². The van der Waals surface area contributed by atoms with E-state index in [0.29, 0.717) is 22.5 Å². The van der Waals surface area contributed by atoms with Crippen LogP contribution in [-0.2, 0) is 16.2 Å². The van der Waals surface area contributed by atoms with Crippen LogP contribution in [0.2, 0.25) is 0 Å². The van der Waals surface area contributed by atoms with Gasteiger partial charge in [0.05, 0.1) is 16.4 Å². The van der Waals surface area contributed by atoms with Crippen LogP contribution in [0.5, 0.6) is 5.75 Å². The molecule has 11 heteroatoms. The van der Waals surface area contributed by atoms with Crippen LogP contribution in [0, 0.1) is 5.92 Å². The van der Waals surface area contributed by atoms with Crippen LogP contribution in [0.3, 0.4) is 0 Å². The smallest absolute Gasteiger partial charge is 0.416 e. The Morgan fingerprint density at radius 1 is 1.00 bits per heavy atom. The highest BCUT2D eigenvalue weighted by Crippen LogP contribution is 2.37. The van der Waals surface area contributed by atoms with Crippen molar-refractivity contribution in [2.45, 2.75) is 30.1 Å². The van der Waals surface area contributed by atoms with Gasteiger partial charge in [-0.15, -0.1) is 0 Å². The monoisotopic (exact) mass is 377 g/mol. The molecule has 1 N–H and O–H groups in total. The third-order valence-electron chi connectivity index (χ3n) is 3.77. The lowest BCUT2D eigenvalue weighted by Crippen LogP contribution is -2.42. The molecule has 0 aliphatic carbocycles. The van der Waals surface area contributed by atoms with Crippen molar-refractivity contribution < 1.29 is 39.9 Å². The molecule has 1 saturated heterocycles. The zero-order valence-electron chi connectivity index (χ0n) is 12.0. The number of halogens is 6. The molecule has 136 valence electrons. The molecule has 4 nitrogen and oxygen atoms in total. The van der Waals surface area contributed by atoms with Gasteiger partial charge in [-0.2, -0.15) is 30.6 Å². The van der Waals surface area contributed by atoms with Crippen molar-refractivity contribution >= 4 is 10.0 Å². The number of benzene rings is 1. The first-order valence-corrected chi connectivity index (χ1v) is 8.24. The summed E-state index contributed by atoms with van der Waals surface area (Å²) in [5.74, 6) is -2.53. The van der Waals surface area contributed by atoms with Crippen LogP contribution in [0.4, 0.5) is 26.3 Å². The highest BCUT2D eigenvalue weighted by molar-refractivity contribution is 7.89. The summed E-state index contributed by atoms with van der Waals surface area (Å²) in [4.78, 5) is -0.805. The number of phenols is 1. The Bertz CT molecular complexity index is 705. The van der Waals surface area contributed by atoms with E-state index >= 15 is 0 Å². The predicted octanol–water partition coefficient (Wildman–Crippen LogP) is 3.37. The second-order valence-corrected chi connectivity index (χ2v) is 7.37. The number of sulfonamides is 1. The minimum Gasteiger partial charge on any atom is -0.508 e. The molecule has 1 aliphatic rings. The second kappa shape index (κ2) is 6.10. The molecule has 0 radical (unpaired) electrons. The van der Waals surface area contributed by atoms with E-state index < -0.39 is 70.4 Å².